The molecule has 2 atom stereocenters. The van der Waals surface area contributed by atoms with Gasteiger partial charge in [-0.1, -0.05) is 13.0 Å². The van der Waals surface area contributed by atoms with E-state index in [1.807, 2.05) is 13.0 Å². The van der Waals surface area contributed by atoms with Crippen LogP contribution in [0.2, 0.25) is 0 Å². The van der Waals surface area contributed by atoms with E-state index in [1.54, 1.807) is 5.82 Å². The average Bonchev–Trinajstić information content (AvgIpc) is 1.82. The lowest BCUT2D eigenvalue weighted by Gasteiger charge is -1.97. The normalized spacial score (nSPS) is 45.5. The lowest BCUT2D eigenvalue weighted by molar-refractivity contribution is 0.588. The maximum absolute atomic E-state index is 10.9. The van der Waals surface area contributed by atoms with Crippen LogP contribution >= 0.6 is 17.7 Å². The monoisotopic (exact) mass is 150 g/mol. The Hall–Kier alpha value is 0.260. The van der Waals surface area contributed by atoms with Crippen LogP contribution in [0.1, 0.15) is 6.92 Å². The first kappa shape index (κ1) is 6.38. The largest absolute Gasteiger partial charge is 0.302 e. The summed E-state index contributed by atoms with van der Waals surface area (Å²) in [5, 5.41) is 0. The molecule has 0 aromatic heterocycles. The van der Waals surface area contributed by atoms with E-state index in [0.29, 0.717) is 12.1 Å². The fourth-order valence-electron chi connectivity index (χ4n) is 0.790. The minimum atomic E-state index is -2.31. The van der Waals surface area contributed by atoms with Gasteiger partial charge in [0.2, 0.25) is 0 Å². The third-order valence-corrected chi connectivity index (χ3v) is 3.62. The van der Waals surface area contributed by atoms with Crippen molar-refractivity contribution in [3.8, 4) is 0 Å². The Morgan fingerprint density at radius 1 is 1.88 bits per heavy atom. The van der Waals surface area contributed by atoms with Crippen LogP contribution < -0.4 is 0 Å². The maximum Gasteiger partial charge on any atom is 0.190 e. The van der Waals surface area contributed by atoms with Crippen LogP contribution in [0.25, 0.3) is 0 Å². The second-order valence-corrected chi connectivity index (χ2v) is 5.99. The molecule has 1 rings (SSSR count). The van der Waals surface area contributed by atoms with Gasteiger partial charge in [0, 0.05) is 6.16 Å². The zero-order valence-electron chi connectivity index (χ0n) is 4.67. The summed E-state index contributed by atoms with van der Waals surface area (Å²) in [6, 6.07) is 0. The molecule has 0 saturated heterocycles. The molecule has 0 aromatic carbocycles. The maximum atomic E-state index is 10.9. The molecule has 2 unspecified atom stereocenters. The molecule has 1 nitrogen and oxygen atoms in total. The molecule has 0 radical (unpaired) electrons. The van der Waals surface area contributed by atoms with Crippen molar-refractivity contribution in [2.45, 2.75) is 6.92 Å². The summed E-state index contributed by atoms with van der Waals surface area (Å²) >= 11 is 5.53. The average molecular weight is 151 g/mol. The van der Waals surface area contributed by atoms with Crippen molar-refractivity contribution in [3.05, 3.63) is 11.9 Å². The predicted molar refractivity (Wildman–Crippen MR) is 36.6 cm³/mol. The van der Waals surface area contributed by atoms with E-state index in [0.717, 1.165) is 0 Å². The standard InChI is InChI=1S/C5H8ClOP/c1-5-2-3-8(6,7)4-5/h2-3,5H,4H2,1H3. The highest BCUT2D eigenvalue weighted by atomic mass is 35.7. The van der Waals surface area contributed by atoms with Gasteiger partial charge in [-0.05, 0) is 23.0 Å². The summed E-state index contributed by atoms with van der Waals surface area (Å²) in [7, 11) is 0. The van der Waals surface area contributed by atoms with E-state index < -0.39 is 6.49 Å². The van der Waals surface area contributed by atoms with Crippen LogP contribution in [0.4, 0.5) is 0 Å². The molecular weight excluding hydrogens is 142 g/mol. The molecule has 0 fully saturated rings. The van der Waals surface area contributed by atoms with Crippen molar-refractivity contribution in [1.82, 2.24) is 0 Å². The highest BCUT2D eigenvalue weighted by Gasteiger charge is 2.22. The minimum Gasteiger partial charge on any atom is -0.302 e. The van der Waals surface area contributed by atoms with Crippen LogP contribution in [0.15, 0.2) is 11.9 Å². The zero-order valence-corrected chi connectivity index (χ0v) is 6.32. The first-order valence-corrected chi connectivity index (χ1v) is 5.44. The molecule has 3 heteroatoms. The van der Waals surface area contributed by atoms with Crippen molar-refractivity contribution < 1.29 is 4.57 Å². The molecule has 0 aromatic rings. The Balaban J connectivity index is 2.73. The van der Waals surface area contributed by atoms with Crippen molar-refractivity contribution in [2.24, 2.45) is 5.92 Å². The molecule has 8 heavy (non-hydrogen) atoms. The molecule has 0 saturated carbocycles. The molecule has 0 bridgehead atoms. The smallest absolute Gasteiger partial charge is 0.190 e. The van der Waals surface area contributed by atoms with Crippen LogP contribution in [-0.4, -0.2) is 6.16 Å². The van der Waals surface area contributed by atoms with Crippen LogP contribution in [0.3, 0.4) is 0 Å². The molecular formula is C5H8ClOP. The van der Waals surface area contributed by atoms with Gasteiger partial charge in [-0.3, -0.25) is 0 Å². The van der Waals surface area contributed by atoms with Crippen molar-refractivity contribution in [1.29, 1.82) is 0 Å². The van der Waals surface area contributed by atoms with E-state index >= 15 is 0 Å². The Morgan fingerprint density at radius 3 is 2.62 bits per heavy atom. The van der Waals surface area contributed by atoms with Gasteiger partial charge in [0.15, 0.2) is 6.49 Å². The van der Waals surface area contributed by atoms with Gasteiger partial charge in [0.05, 0.1) is 0 Å². The van der Waals surface area contributed by atoms with Gasteiger partial charge >= 0.3 is 0 Å². The Labute approximate surface area is 53.9 Å². The Morgan fingerprint density at radius 2 is 2.50 bits per heavy atom. The van der Waals surface area contributed by atoms with E-state index in [2.05, 4.69) is 0 Å². The van der Waals surface area contributed by atoms with Gasteiger partial charge < -0.3 is 4.57 Å². The Bertz CT molecular complexity index is 164. The molecule has 0 N–H and O–H groups in total. The van der Waals surface area contributed by atoms with Gasteiger partial charge in [-0.15, -0.1) is 0 Å². The third kappa shape index (κ3) is 1.37. The molecule has 1 heterocycles. The fraction of sp³-hybridized carbons (Fsp3) is 0.600. The summed E-state index contributed by atoms with van der Waals surface area (Å²) in [6.07, 6.45) is 2.56. The highest BCUT2D eigenvalue weighted by Crippen LogP contribution is 2.57. The number of allylic oxidation sites excluding steroid dienone is 1. The number of halogens is 1. The fourth-order valence-corrected chi connectivity index (χ4v) is 3.22. The van der Waals surface area contributed by atoms with Crippen molar-refractivity contribution in [3.63, 3.8) is 0 Å². The first-order chi connectivity index (χ1) is 3.60. The van der Waals surface area contributed by atoms with Crippen molar-refractivity contribution in [2.75, 3.05) is 6.16 Å². The van der Waals surface area contributed by atoms with Crippen LogP contribution in [0, 0.1) is 5.92 Å². The van der Waals surface area contributed by atoms with Gasteiger partial charge in [-0.25, -0.2) is 0 Å². The zero-order chi connectivity index (χ0) is 6.20. The Kier molecular flexibility index (Phi) is 1.51. The summed E-state index contributed by atoms with van der Waals surface area (Å²) in [4.78, 5) is 0. The first-order valence-electron chi connectivity index (χ1n) is 2.58. The third-order valence-electron chi connectivity index (χ3n) is 1.17. The number of rotatable bonds is 0. The second-order valence-electron chi connectivity index (χ2n) is 2.20. The summed E-state index contributed by atoms with van der Waals surface area (Å²) in [5.41, 5.74) is 0. The molecule has 1 aliphatic heterocycles. The van der Waals surface area contributed by atoms with Gasteiger partial charge in [0.1, 0.15) is 0 Å². The van der Waals surface area contributed by atoms with E-state index in [4.69, 9.17) is 11.2 Å². The molecule has 0 spiro atoms. The summed E-state index contributed by atoms with van der Waals surface area (Å²) in [5.74, 6) is 2.05. The van der Waals surface area contributed by atoms with E-state index in [1.165, 1.54) is 0 Å². The summed E-state index contributed by atoms with van der Waals surface area (Å²) in [6.45, 7) is -0.295. The molecule has 1 aliphatic rings. The van der Waals surface area contributed by atoms with E-state index in [-0.39, 0.29) is 0 Å². The lowest BCUT2D eigenvalue weighted by Crippen LogP contribution is -1.86. The van der Waals surface area contributed by atoms with Crippen molar-refractivity contribution >= 4 is 17.7 Å². The topological polar surface area (TPSA) is 17.1 Å². The van der Waals surface area contributed by atoms with Crippen LogP contribution in [-0.2, 0) is 4.57 Å². The lowest BCUT2D eigenvalue weighted by atomic mass is 10.2. The second kappa shape index (κ2) is 1.89. The molecule has 0 amide bonds. The molecule has 0 aliphatic carbocycles. The van der Waals surface area contributed by atoms with Gasteiger partial charge in [0.25, 0.3) is 0 Å². The highest BCUT2D eigenvalue weighted by molar-refractivity contribution is 7.91. The van der Waals surface area contributed by atoms with E-state index in [9.17, 15) is 4.57 Å². The summed E-state index contributed by atoms with van der Waals surface area (Å²) < 4.78 is 10.9. The van der Waals surface area contributed by atoms with Crippen LogP contribution in [0.5, 0.6) is 0 Å². The number of hydrogen-bond donors (Lipinski definition) is 0. The quantitative estimate of drug-likeness (QED) is 0.485. The molecule has 46 valence electrons. The minimum absolute atomic E-state index is 0.415. The number of hydrogen-bond acceptors (Lipinski definition) is 1. The predicted octanol–water partition coefficient (Wildman–Crippen LogP) is 2.67. The van der Waals surface area contributed by atoms with Gasteiger partial charge in [-0.2, -0.15) is 0 Å². The SMILES string of the molecule is CC1C=CP(=O)(Cl)C1.